The molecule has 0 fully saturated rings. The van der Waals surface area contributed by atoms with E-state index in [2.05, 4.69) is 10.1 Å². The number of aryl methyl sites for hydroxylation is 1. The summed E-state index contributed by atoms with van der Waals surface area (Å²) in [5.41, 5.74) is 6.93. The van der Waals surface area contributed by atoms with Gasteiger partial charge in [0, 0.05) is 11.4 Å². The van der Waals surface area contributed by atoms with Crippen molar-refractivity contribution in [2.45, 2.75) is 13.3 Å². The van der Waals surface area contributed by atoms with Gasteiger partial charge in [-0.25, -0.2) is 9.69 Å². The van der Waals surface area contributed by atoms with Crippen LogP contribution < -0.4 is 10.6 Å². The molecule has 122 valence electrons. The Bertz CT molecular complexity index is 862. The number of nitrogens with two attached hydrogens (primary N) is 1. The molecule has 0 aliphatic carbocycles. The third-order valence-corrected chi connectivity index (χ3v) is 3.67. The molecule has 6 nitrogen and oxygen atoms in total. The molecule has 2 amide bonds. The SMILES string of the molecule is CCc1nc(N(C(N)=O)c2cccc(Cl)c2)n(-c2ccccc2)n1. The summed E-state index contributed by atoms with van der Waals surface area (Å²) in [6.07, 6.45) is 0.634. The number of rotatable bonds is 4. The first-order chi connectivity index (χ1) is 11.6. The molecule has 0 radical (unpaired) electrons. The Morgan fingerprint density at radius 1 is 1.21 bits per heavy atom. The quantitative estimate of drug-likeness (QED) is 0.786. The number of anilines is 2. The van der Waals surface area contributed by atoms with Crippen molar-refractivity contribution in [3.8, 4) is 5.69 Å². The average Bonchev–Trinajstić information content (AvgIpc) is 2.99. The zero-order chi connectivity index (χ0) is 17.1. The van der Waals surface area contributed by atoms with Gasteiger partial charge in [-0.15, -0.1) is 5.10 Å². The number of aromatic nitrogens is 3. The van der Waals surface area contributed by atoms with E-state index >= 15 is 0 Å². The second-order valence-electron chi connectivity index (χ2n) is 5.08. The number of hydrogen-bond donors (Lipinski definition) is 1. The molecule has 0 spiro atoms. The van der Waals surface area contributed by atoms with E-state index in [1.807, 2.05) is 37.3 Å². The number of halogens is 1. The Morgan fingerprint density at radius 2 is 1.96 bits per heavy atom. The van der Waals surface area contributed by atoms with Gasteiger partial charge in [-0.05, 0) is 30.3 Å². The molecule has 2 N–H and O–H groups in total. The van der Waals surface area contributed by atoms with Gasteiger partial charge in [-0.2, -0.15) is 9.67 Å². The predicted molar refractivity (Wildman–Crippen MR) is 93.9 cm³/mol. The van der Waals surface area contributed by atoms with Crippen molar-refractivity contribution in [1.82, 2.24) is 14.8 Å². The largest absolute Gasteiger partial charge is 0.351 e. The lowest BCUT2D eigenvalue weighted by molar-refractivity contribution is 0.255. The third-order valence-electron chi connectivity index (χ3n) is 3.44. The van der Waals surface area contributed by atoms with Crippen LogP contribution in [0.3, 0.4) is 0 Å². The van der Waals surface area contributed by atoms with Crippen molar-refractivity contribution in [1.29, 1.82) is 0 Å². The van der Waals surface area contributed by atoms with Crippen molar-refractivity contribution in [3.05, 3.63) is 65.4 Å². The minimum absolute atomic E-state index is 0.327. The molecule has 0 unspecified atom stereocenters. The van der Waals surface area contributed by atoms with Crippen LogP contribution in [-0.4, -0.2) is 20.8 Å². The summed E-state index contributed by atoms with van der Waals surface area (Å²) in [6, 6.07) is 15.7. The normalized spacial score (nSPS) is 10.6. The number of benzene rings is 2. The van der Waals surface area contributed by atoms with Gasteiger partial charge in [-0.1, -0.05) is 42.8 Å². The summed E-state index contributed by atoms with van der Waals surface area (Å²) in [4.78, 5) is 17.9. The lowest BCUT2D eigenvalue weighted by Gasteiger charge is -2.20. The molecule has 24 heavy (non-hydrogen) atoms. The Morgan fingerprint density at radius 3 is 2.58 bits per heavy atom. The average molecular weight is 342 g/mol. The zero-order valence-corrected chi connectivity index (χ0v) is 13.8. The first-order valence-electron chi connectivity index (χ1n) is 7.46. The highest BCUT2D eigenvalue weighted by Crippen LogP contribution is 2.28. The summed E-state index contributed by atoms with van der Waals surface area (Å²) in [6.45, 7) is 1.95. The third kappa shape index (κ3) is 3.09. The molecular weight excluding hydrogens is 326 g/mol. The van der Waals surface area contributed by atoms with Crippen LogP contribution >= 0.6 is 11.6 Å². The molecule has 0 saturated carbocycles. The van der Waals surface area contributed by atoms with Crippen LogP contribution in [0.25, 0.3) is 5.69 Å². The van der Waals surface area contributed by atoms with E-state index < -0.39 is 6.03 Å². The fourth-order valence-corrected chi connectivity index (χ4v) is 2.52. The number of amides is 2. The minimum atomic E-state index is -0.662. The fraction of sp³-hybridized carbons (Fsp3) is 0.118. The predicted octanol–water partition coefficient (Wildman–Crippen LogP) is 3.70. The van der Waals surface area contributed by atoms with E-state index in [0.717, 1.165) is 5.69 Å². The Kier molecular flexibility index (Phi) is 4.48. The van der Waals surface area contributed by atoms with Crippen molar-refractivity contribution < 1.29 is 4.79 Å². The zero-order valence-electron chi connectivity index (χ0n) is 13.1. The van der Waals surface area contributed by atoms with Crippen LogP contribution in [-0.2, 0) is 6.42 Å². The molecule has 0 aliphatic heterocycles. The van der Waals surface area contributed by atoms with Crippen LogP contribution in [0.15, 0.2) is 54.6 Å². The molecule has 1 aromatic heterocycles. The Hall–Kier alpha value is -2.86. The summed E-state index contributed by atoms with van der Waals surface area (Å²) in [7, 11) is 0. The van der Waals surface area contributed by atoms with Crippen molar-refractivity contribution in [2.24, 2.45) is 5.73 Å². The molecule has 3 aromatic rings. The Labute approximate surface area is 144 Å². The van der Waals surface area contributed by atoms with Gasteiger partial charge in [0.25, 0.3) is 0 Å². The van der Waals surface area contributed by atoms with Gasteiger partial charge < -0.3 is 5.73 Å². The number of primary amides is 1. The number of carbonyl (C=O) groups excluding carboxylic acids is 1. The summed E-state index contributed by atoms with van der Waals surface area (Å²) in [5, 5.41) is 4.97. The number of urea groups is 1. The van der Waals surface area contributed by atoms with Gasteiger partial charge in [0.05, 0.1) is 11.4 Å². The summed E-state index contributed by atoms with van der Waals surface area (Å²) in [5.74, 6) is 0.940. The van der Waals surface area contributed by atoms with Crippen LogP contribution in [0.4, 0.5) is 16.4 Å². The molecule has 3 rings (SSSR count). The van der Waals surface area contributed by atoms with Crippen LogP contribution in [0.2, 0.25) is 5.02 Å². The van der Waals surface area contributed by atoms with Crippen LogP contribution in [0.1, 0.15) is 12.7 Å². The van der Waals surface area contributed by atoms with Crippen molar-refractivity contribution in [3.63, 3.8) is 0 Å². The van der Waals surface area contributed by atoms with E-state index in [4.69, 9.17) is 17.3 Å². The van der Waals surface area contributed by atoms with Gasteiger partial charge >= 0.3 is 6.03 Å². The first kappa shape index (κ1) is 16.0. The van der Waals surface area contributed by atoms with Crippen molar-refractivity contribution in [2.75, 3.05) is 4.90 Å². The highest BCUT2D eigenvalue weighted by atomic mass is 35.5. The molecule has 1 heterocycles. The lowest BCUT2D eigenvalue weighted by atomic mass is 10.3. The maximum absolute atomic E-state index is 12.1. The van der Waals surface area contributed by atoms with Gasteiger partial charge in [0.1, 0.15) is 0 Å². The second-order valence-corrected chi connectivity index (χ2v) is 5.52. The molecule has 0 saturated heterocycles. The van der Waals surface area contributed by atoms with E-state index in [9.17, 15) is 4.79 Å². The Balaban J connectivity index is 2.18. The molecule has 7 heteroatoms. The van der Waals surface area contributed by atoms with E-state index in [-0.39, 0.29) is 0 Å². The van der Waals surface area contributed by atoms with E-state index in [1.54, 1.807) is 28.9 Å². The first-order valence-corrected chi connectivity index (χ1v) is 7.84. The van der Waals surface area contributed by atoms with Crippen LogP contribution in [0, 0.1) is 0 Å². The highest BCUT2D eigenvalue weighted by Gasteiger charge is 2.23. The molecule has 0 atom stereocenters. The summed E-state index contributed by atoms with van der Waals surface area (Å²) >= 11 is 6.05. The van der Waals surface area contributed by atoms with Crippen LogP contribution in [0.5, 0.6) is 0 Å². The van der Waals surface area contributed by atoms with Gasteiger partial charge in [-0.3, -0.25) is 0 Å². The van der Waals surface area contributed by atoms with Crippen molar-refractivity contribution >= 4 is 29.3 Å². The van der Waals surface area contributed by atoms with Gasteiger partial charge in [0.2, 0.25) is 5.95 Å². The number of nitrogens with zero attached hydrogens (tertiary/aromatic N) is 4. The fourth-order valence-electron chi connectivity index (χ4n) is 2.34. The molecule has 0 bridgehead atoms. The maximum Gasteiger partial charge on any atom is 0.326 e. The maximum atomic E-state index is 12.1. The van der Waals surface area contributed by atoms with Gasteiger partial charge in [0.15, 0.2) is 5.82 Å². The second kappa shape index (κ2) is 6.72. The highest BCUT2D eigenvalue weighted by molar-refractivity contribution is 6.31. The lowest BCUT2D eigenvalue weighted by Crippen LogP contribution is -2.33. The molecular formula is C17H16ClN5O. The number of carbonyl (C=O) groups is 1. The summed E-state index contributed by atoms with van der Waals surface area (Å²) < 4.78 is 1.60. The number of para-hydroxylation sites is 1. The smallest absolute Gasteiger partial charge is 0.326 e. The molecule has 2 aromatic carbocycles. The minimum Gasteiger partial charge on any atom is -0.351 e. The monoisotopic (exact) mass is 341 g/mol. The number of hydrogen-bond acceptors (Lipinski definition) is 3. The van der Waals surface area contributed by atoms with E-state index in [0.29, 0.717) is 28.9 Å². The molecule has 0 aliphatic rings. The van der Waals surface area contributed by atoms with E-state index in [1.165, 1.54) is 4.90 Å². The standard InChI is InChI=1S/C17H16ClN5O/c1-2-15-20-17(23(21-15)13-8-4-3-5-9-13)22(16(19)24)14-10-6-7-12(18)11-14/h3-11H,2H2,1H3,(H2,19,24). The topological polar surface area (TPSA) is 77.0 Å².